The van der Waals surface area contributed by atoms with E-state index in [0.29, 0.717) is 36.6 Å². The van der Waals surface area contributed by atoms with Gasteiger partial charge in [0.15, 0.2) is 0 Å². The smallest absolute Gasteiger partial charge is 0.279 e. The van der Waals surface area contributed by atoms with Gasteiger partial charge in [-0.3, -0.25) is 8.86 Å². The van der Waals surface area contributed by atoms with Gasteiger partial charge in [-0.25, -0.2) is 8.93 Å². The van der Waals surface area contributed by atoms with Gasteiger partial charge < -0.3 is 4.90 Å². The van der Waals surface area contributed by atoms with Crippen LogP contribution in [0.1, 0.15) is 24.5 Å². The maximum atomic E-state index is 12.8. The Morgan fingerprint density at radius 1 is 1.16 bits per heavy atom. The molecule has 0 aromatic heterocycles. The number of halogens is 1. The van der Waals surface area contributed by atoms with E-state index in [1.807, 2.05) is 43.3 Å². The number of anilines is 2. The van der Waals surface area contributed by atoms with Crippen LogP contribution in [0.4, 0.5) is 11.4 Å². The van der Waals surface area contributed by atoms with Gasteiger partial charge in [-0.1, -0.05) is 17.7 Å². The highest BCUT2D eigenvalue weighted by molar-refractivity contribution is 7.87. The van der Waals surface area contributed by atoms with Gasteiger partial charge in [-0.2, -0.15) is 12.7 Å². The maximum absolute atomic E-state index is 12.8. The largest absolute Gasteiger partial charge is 0.378 e. The van der Waals surface area contributed by atoms with Crippen LogP contribution < -0.4 is 13.9 Å². The molecule has 2 aromatic carbocycles. The maximum Gasteiger partial charge on any atom is 0.279 e. The number of hydrogen-bond donors (Lipinski definition) is 2. The first kappa shape index (κ1) is 24.9. The topological polar surface area (TPSA) is 93.2 Å². The minimum Gasteiger partial charge on any atom is -0.378 e. The average molecular weight is 501 g/mol. The Bertz CT molecular complexity index is 1060. The fraction of sp³-hybridized carbons (Fsp3) is 0.429. The van der Waals surface area contributed by atoms with E-state index >= 15 is 0 Å². The van der Waals surface area contributed by atoms with Crippen LogP contribution in [-0.4, -0.2) is 54.7 Å². The Balaban J connectivity index is 1.60. The van der Waals surface area contributed by atoms with Gasteiger partial charge in [0.1, 0.15) is 0 Å². The highest BCUT2D eigenvalue weighted by atomic mass is 35.5. The molecule has 1 heterocycles. The Morgan fingerprint density at radius 2 is 1.81 bits per heavy atom. The van der Waals surface area contributed by atoms with E-state index < -0.39 is 21.5 Å². The summed E-state index contributed by atoms with van der Waals surface area (Å²) in [5, 5.41) is 0.648. The molecular weight excluding hydrogens is 472 g/mol. The number of nitrogens with zero attached hydrogens (tertiary/aromatic N) is 3. The number of nitrogens with one attached hydrogen (secondary N) is 1. The van der Waals surface area contributed by atoms with Gasteiger partial charge in [-0.15, -0.1) is 0 Å². The summed E-state index contributed by atoms with van der Waals surface area (Å²) in [6, 6.07) is 12.4. The molecule has 2 aromatic rings. The van der Waals surface area contributed by atoms with Crippen molar-refractivity contribution in [1.29, 1.82) is 0 Å². The third kappa shape index (κ3) is 6.00. The molecule has 0 aliphatic carbocycles. The van der Waals surface area contributed by atoms with Crippen molar-refractivity contribution in [3.8, 4) is 0 Å². The molecule has 0 spiro atoms. The Hall–Kier alpha value is -1.69. The van der Waals surface area contributed by atoms with Crippen LogP contribution in [0.3, 0.4) is 0 Å². The number of benzene rings is 2. The van der Waals surface area contributed by atoms with Crippen LogP contribution in [0.5, 0.6) is 0 Å². The Labute approximate surface area is 197 Å². The highest BCUT2D eigenvalue weighted by Crippen LogP contribution is 2.25. The second kappa shape index (κ2) is 10.5. The molecule has 0 radical (unpaired) electrons. The van der Waals surface area contributed by atoms with Crippen molar-refractivity contribution < 1.29 is 17.2 Å². The number of rotatable bonds is 9. The third-order valence-electron chi connectivity index (χ3n) is 5.52. The van der Waals surface area contributed by atoms with Gasteiger partial charge >= 0.3 is 0 Å². The van der Waals surface area contributed by atoms with Crippen LogP contribution in [0.2, 0.25) is 5.02 Å². The molecule has 1 aliphatic heterocycles. The number of hydrogen-bond acceptors (Lipinski definition) is 4. The molecule has 0 bridgehead atoms. The van der Waals surface area contributed by atoms with E-state index in [1.54, 1.807) is 25.1 Å². The molecule has 176 valence electrons. The third-order valence-corrected chi connectivity index (χ3v) is 8.22. The van der Waals surface area contributed by atoms with E-state index in [-0.39, 0.29) is 12.6 Å². The summed E-state index contributed by atoms with van der Waals surface area (Å²) in [6.45, 7) is 2.62. The molecule has 3 rings (SSSR count). The van der Waals surface area contributed by atoms with E-state index in [9.17, 15) is 17.2 Å². The minimum absolute atomic E-state index is 0.150. The SMILES string of the molecule is C[C@@H](CCNS(=O)(=O)N1CCc2cc(Cl)ccc2C1)N(c1ccc(N(C)C)cc1)S(=O)O. The van der Waals surface area contributed by atoms with Gasteiger partial charge in [0.05, 0.1) is 5.69 Å². The van der Waals surface area contributed by atoms with Crippen molar-refractivity contribution in [3.05, 3.63) is 58.6 Å². The Kier molecular flexibility index (Phi) is 8.18. The van der Waals surface area contributed by atoms with Crippen LogP contribution in [0.25, 0.3) is 0 Å². The van der Waals surface area contributed by atoms with Crippen LogP contribution in [0, 0.1) is 0 Å². The lowest BCUT2D eigenvalue weighted by atomic mass is 10.0. The zero-order valence-corrected chi connectivity index (χ0v) is 20.8. The summed E-state index contributed by atoms with van der Waals surface area (Å²) in [7, 11) is 0.167. The van der Waals surface area contributed by atoms with Crippen molar-refractivity contribution in [1.82, 2.24) is 9.03 Å². The van der Waals surface area contributed by atoms with E-state index in [0.717, 1.165) is 16.8 Å². The summed E-state index contributed by atoms with van der Waals surface area (Å²) < 4.78 is 52.8. The monoisotopic (exact) mass is 500 g/mol. The zero-order valence-electron chi connectivity index (χ0n) is 18.4. The fourth-order valence-corrected chi connectivity index (χ4v) is 5.81. The lowest BCUT2D eigenvalue weighted by Gasteiger charge is -2.30. The predicted molar refractivity (Wildman–Crippen MR) is 131 cm³/mol. The molecule has 0 saturated heterocycles. The fourth-order valence-electron chi connectivity index (χ4n) is 3.70. The first-order valence-electron chi connectivity index (χ1n) is 10.3. The summed E-state index contributed by atoms with van der Waals surface area (Å²) >= 11 is 3.79. The summed E-state index contributed by atoms with van der Waals surface area (Å²) in [5.74, 6) is 0. The summed E-state index contributed by atoms with van der Waals surface area (Å²) in [5.41, 5.74) is 3.59. The van der Waals surface area contributed by atoms with Crippen molar-refractivity contribution in [3.63, 3.8) is 0 Å². The standard InChI is InChI=1S/C21H29ClN4O4S2/c1-16(26(31(27)28)21-8-6-20(7-9-21)24(2)3)10-12-23-32(29,30)25-13-11-17-14-19(22)5-4-18(17)15-25/h4-9,14,16,23H,10-13,15H2,1-3H3,(H,27,28)/t16-/m0/s1. The second-order valence-electron chi connectivity index (χ2n) is 8.00. The molecule has 11 heteroatoms. The van der Waals surface area contributed by atoms with Crippen molar-refractivity contribution in [2.24, 2.45) is 0 Å². The molecule has 8 nitrogen and oxygen atoms in total. The highest BCUT2D eigenvalue weighted by Gasteiger charge is 2.27. The van der Waals surface area contributed by atoms with E-state index in [1.165, 1.54) is 8.61 Å². The molecule has 1 aliphatic rings. The normalized spacial score (nSPS) is 16.3. The summed E-state index contributed by atoms with van der Waals surface area (Å²) in [4.78, 5) is 1.94. The van der Waals surface area contributed by atoms with Crippen molar-refractivity contribution >= 4 is 44.5 Å². The van der Waals surface area contributed by atoms with Crippen LogP contribution in [0.15, 0.2) is 42.5 Å². The summed E-state index contributed by atoms with van der Waals surface area (Å²) in [6.07, 6.45) is 0.967. The van der Waals surface area contributed by atoms with Gasteiger partial charge in [-0.05, 0) is 67.3 Å². The lowest BCUT2D eigenvalue weighted by molar-refractivity contribution is 0.383. The average Bonchev–Trinajstić information content (AvgIpc) is 2.73. The second-order valence-corrected chi connectivity index (χ2v) is 11.0. The first-order valence-corrected chi connectivity index (χ1v) is 13.2. The number of fused-ring (bicyclic) bond motifs is 1. The molecule has 2 atom stereocenters. The van der Waals surface area contributed by atoms with Gasteiger partial charge in [0, 0.05) is 50.5 Å². The molecule has 32 heavy (non-hydrogen) atoms. The molecule has 1 unspecified atom stereocenters. The van der Waals surface area contributed by atoms with Crippen LogP contribution >= 0.6 is 11.6 Å². The van der Waals surface area contributed by atoms with Crippen molar-refractivity contribution in [2.75, 3.05) is 36.4 Å². The molecule has 0 amide bonds. The zero-order chi connectivity index (χ0) is 23.5. The van der Waals surface area contributed by atoms with Crippen molar-refractivity contribution in [2.45, 2.75) is 32.4 Å². The molecule has 0 saturated carbocycles. The molecule has 2 N–H and O–H groups in total. The first-order chi connectivity index (χ1) is 15.1. The Morgan fingerprint density at radius 3 is 2.44 bits per heavy atom. The van der Waals surface area contributed by atoms with Crippen LogP contribution in [-0.2, 0) is 34.4 Å². The molecular formula is C21H29ClN4O4S2. The predicted octanol–water partition coefficient (Wildman–Crippen LogP) is 3.02. The molecule has 0 fully saturated rings. The van der Waals surface area contributed by atoms with E-state index in [4.69, 9.17) is 11.6 Å². The van der Waals surface area contributed by atoms with E-state index in [2.05, 4.69) is 4.72 Å². The van der Waals surface area contributed by atoms with Gasteiger partial charge in [0.2, 0.25) is 0 Å². The lowest BCUT2D eigenvalue weighted by Crippen LogP contribution is -2.45. The quantitative estimate of drug-likeness (QED) is 0.516. The minimum atomic E-state index is -3.67. The van der Waals surface area contributed by atoms with Gasteiger partial charge in [0.25, 0.3) is 21.5 Å².